The fourth-order valence-electron chi connectivity index (χ4n) is 1.32. The third-order valence-electron chi connectivity index (χ3n) is 2.26. The van der Waals surface area contributed by atoms with Crippen LogP contribution in [0, 0.1) is 11.3 Å². The molecule has 0 N–H and O–H groups in total. The van der Waals surface area contributed by atoms with Gasteiger partial charge in [-0.2, -0.15) is 17.0 Å². The van der Waals surface area contributed by atoms with Gasteiger partial charge in [0.1, 0.15) is 15.6 Å². The molecule has 0 heterocycles. The Morgan fingerprint density at radius 3 is 2.84 bits per heavy atom. The van der Waals surface area contributed by atoms with Crippen LogP contribution in [0.2, 0.25) is 0 Å². The first kappa shape index (κ1) is 15.9. The number of thioether (sulfide) groups is 1. The second kappa shape index (κ2) is 8.08. The van der Waals surface area contributed by atoms with Crippen LogP contribution in [0.25, 0.3) is 0 Å². The zero-order valence-corrected chi connectivity index (χ0v) is 12.5. The van der Waals surface area contributed by atoms with Gasteiger partial charge in [-0.3, -0.25) is 0 Å². The van der Waals surface area contributed by atoms with Crippen molar-refractivity contribution in [1.82, 2.24) is 0 Å². The molecular formula is C13H17NO3S2. The Bertz CT molecular complexity index is 535. The number of sulfone groups is 1. The van der Waals surface area contributed by atoms with Crippen LogP contribution >= 0.6 is 11.8 Å². The third-order valence-corrected chi connectivity index (χ3v) is 4.54. The molecule has 0 aromatic heterocycles. The van der Waals surface area contributed by atoms with E-state index in [4.69, 9.17) is 10.00 Å². The molecule has 0 saturated carbocycles. The third kappa shape index (κ3) is 7.75. The van der Waals surface area contributed by atoms with Gasteiger partial charge in [0.15, 0.2) is 0 Å². The van der Waals surface area contributed by atoms with E-state index in [9.17, 15) is 8.42 Å². The highest BCUT2D eigenvalue weighted by atomic mass is 32.2. The summed E-state index contributed by atoms with van der Waals surface area (Å²) in [6, 6.07) is 9.10. The van der Waals surface area contributed by atoms with Crippen molar-refractivity contribution < 1.29 is 13.2 Å². The average Bonchev–Trinajstić information content (AvgIpc) is 2.36. The number of ether oxygens (including phenoxy) is 1. The Labute approximate surface area is 118 Å². The maximum atomic E-state index is 10.9. The van der Waals surface area contributed by atoms with Crippen molar-refractivity contribution in [2.45, 2.75) is 6.42 Å². The first-order valence-electron chi connectivity index (χ1n) is 5.90. The summed E-state index contributed by atoms with van der Waals surface area (Å²) in [5.41, 5.74) is 0.583. The standard InChI is InChI=1S/C13H17NO3S2/c1-19(15,16)9-8-18-7-3-6-17-13-5-2-4-12(10-13)11-14/h2,4-5,10H,3,6-9H2,1H3. The Balaban J connectivity index is 2.12. The van der Waals surface area contributed by atoms with E-state index in [-0.39, 0.29) is 5.75 Å². The summed E-state index contributed by atoms with van der Waals surface area (Å²) >= 11 is 1.61. The van der Waals surface area contributed by atoms with E-state index < -0.39 is 9.84 Å². The van der Waals surface area contributed by atoms with Gasteiger partial charge in [-0.25, -0.2) is 8.42 Å². The normalized spacial score (nSPS) is 10.9. The number of nitriles is 1. The molecule has 0 aliphatic heterocycles. The van der Waals surface area contributed by atoms with Gasteiger partial charge in [0.25, 0.3) is 0 Å². The van der Waals surface area contributed by atoms with Crippen LogP contribution in [0.1, 0.15) is 12.0 Å². The van der Waals surface area contributed by atoms with Crippen molar-refractivity contribution in [2.75, 3.05) is 30.1 Å². The quantitative estimate of drug-likeness (QED) is 0.688. The van der Waals surface area contributed by atoms with E-state index in [0.717, 1.165) is 12.2 Å². The second-order valence-electron chi connectivity index (χ2n) is 4.08. The van der Waals surface area contributed by atoms with Gasteiger partial charge in [0, 0.05) is 12.0 Å². The molecule has 0 amide bonds. The molecule has 0 aliphatic carbocycles. The number of benzene rings is 1. The van der Waals surface area contributed by atoms with Crippen LogP contribution < -0.4 is 4.74 Å². The molecule has 0 unspecified atom stereocenters. The second-order valence-corrected chi connectivity index (χ2v) is 7.57. The van der Waals surface area contributed by atoms with Crippen LogP contribution in [0.5, 0.6) is 5.75 Å². The molecule has 1 aromatic rings. The molecule has 4 nitrogen and oxygen atoms in total. The molecule has 19 heavy (non-hydrogen) atoms. The van der Waals surface area contributed by atoms with Gasteiger partial charge in [-0.05, 0) is 30.4 Å². The summed E-state index contributed by atoms with van der Waals surface area (Å²) in [6.07, 6.45) is 2.10. The summed E-state index contributed by atoms with van der Waals surface area (Å²) < 4.78 is 27.3. The molecule has 0 spiro atoms. The van der Waals surface area contributed by atoms with Gasteiger partial charge in [-0.15, -0.1) is 0 Å². The first-order chi connectivity index (χ1) is 9.01. The lowest BCUT2D eigenvalue weighted by Crippen LogP contribution is -2.06. The number of rotatable bonds is 8. The fourth-order valence-corrected chi connectivity index (χ4v) is 3.53. The summed E-state index contributed by atoms with van der Waals surface area (Å²) in [7, 11) is -2.85. The SMILES string of the molecule is CS(=O)(=O)CCSCCCOc1cccc(C#N)c1. The lowest BCUT2D eigenvalue weighted by Gasteiger charge is -2.06. The average molecular weight is 299 g/mol. The maximum absolute atomic E-state index is 10.9. The summed E-state index contributed by atoms with van der Waals surface area (Å²) in [4.78, 5) is 0. The summed E-state index contributed by atoms with van der Waals surface area (Å²) in [6.45, 7) is 0.570. The lowest BCUT2D eigenvalue weighted by atomic mass is 10.2. The highest BCUT2D eigenvalue weighted by Crippen LogP contribution is 2.13. The fraction of sp³-hybridized carbons (Fsp3) is 0.462. The van der Waals surface area contributed by atoms with E-state index in [1.165, 1.54) is 6.26 Å². The van der Waals surface area contributed by atoms with Gasteiger partial charge in [0.2, 0.25) is 0 Å². The minimum absolute atomic E-state index is 0.225. The number of hydrogen-bond acceptors (Lipinski definition) is 5. The van der Waals surface area contributed by atoms with Crippen LogP contribution in [-0.2, 0) is 9.84 Å². The van der Waals surface area contributed by atoms with Gasteiger partial charge >= 0.3 is 0 Å². The molecule has 0 atom stereocenters. The summed E-state index contributed by atoms with van der Waals surface area (Å²) in [5.74, 6) is 2.42. The van der Waals surface area contributed by atoms with Crippen molar-refractivity contribution in [2.24, 2.45) is 0 Å². The van der Waals surface area contributed by atoms with E-state index in [1.54, 1.807) is 30.0 Å². The van der Waals surface area contributed by atoms with Crippen LogP contribution in [0.4, 0.5) is 0 Å². The smallest absolute Gasteiger partial charge is 0.148 e. The molecule has 0 radical (unpaired) electrons. The van der Waals surface area contributed by atoms with Crippen LogP contribution in [-0.4, -0.2) is 38.5 Å². The summed E-state index contributed by atoms with van der Waals surface area (Å²) in [5, 5.41) is 8.74. The van der Waals surface area contributed by atoms with E-state index in [1.807, 2.05) is 6.07 Å². The van der Waals surface area contributed by atoms with Gasteiger partial charge in [0.05, 0.1) is 24.0 Å². The van der Waals surface area contributed by atoms with Crippen molar-refractivity contribution in [1.29, 1.82) is 5.26 Å². The topological polar surface area (TPSA) is 67.2 Å². The highest BCUT2D eigenvalue weighted by Gasteiger charge is 2.01. The minimum Gasteiger partial charge on any atom is -0.494 e. The van der Waals surface area contributed by atoms with Gasteiger partial charge in [-0.1, -0.05) is 6.07 Å². The first-order valence-corrected chi connectivity index (χ1v) is 9.11. The highest BCUT2D eigenvalue weighted by molar-refractivity contribution is 8.00. The van der Waals surface area contributed by atoms with Crippen molar-refractivity contribution >= 4 is 21.6 Å². The van der Waals surface area contributed by atoms with Crippen LogP contribution in [0.15, 0.2) is 24.3 Å². The molecule has 0 bridgehead atoms. The molecule has 104 valence electrons. The van der Waals surface area contributed by atoms with Crippen molar-refractivity contribution in [3.8, 4) is 11.8 Å². The monoisotopic (exact) mass is 299 g/mol. The van der Waals surface area contributed by atoms with Crippen molar-refractivity contribution in [3.05, 3.63) is 29.8 Å². The Hall–Kier alpha value is -1.19. The van der Waals surface area contributed by atoms with E-state index >= 15 is 0 Å². The minimum atomic E-state index is -2.85. The molecule has 0 saturated heterocycles. The molecular weight excluding hydrogens is 282 g/mol. The van der Waals surface area contributed by atoms with E-state index in [2.05, 4.69) is 6.07 Å². The predicted octanol–water partition coefficient (Wildman–Crippen LogP) is 2.10. The molecule has 0 fully saturated rings. The zero-order chi connectivity index (χ0) is 14.1. The van der Waals surface area contributed by atoms with E-state index in [0.29, 0.717) is 23.7 Å². The number of nitrogens with zero attached hydrogens (tertiary/aromatic N) is 1. The van der Waals surface area contributed by atoms with Crippen molar-refractivity contribution in [3.63, 3.8) is 0 Å². The zero-order valence-electron chi connectivity index (χ0n) is 10.8. The Morgan fingerprint density at radius 2 is 2.16 bits per heavy atom. The lowest BCUT2D eigenvalue weighted by molar-refractivity contribution is 0.318. The van der Waals surface area contributed by atoms with Gasteiger partial charge < -0.3 is 4.74 Å². The van der Waals surface area contributed by atoms with Crippen LogP contribution in [0.3, 0.4) is 0 Å². The molecule has 1 aromatic carbocycles. The number of hydrogen-bond donors (Lipinski definition) is 0. The molecule has 1 rings (SSSR count). The molecule has 6 heteroatoms. The Morgan fingerprint density at radius 1 is 1.37 bits per heavy atom. The Kier molecular flexibility index (Phi) is 6.74. The maximum Gasteiger partial charge on any atom is 0.148 e. The largest absolute Gasteiger partial charge is 0.494 e. The molecule has 0 aliphatic rings. The predicted molar refractivity (Wildman–Crippen MR) is 78.3 cm³/mol.